The lowest BCUT2D eigenvalue weighted by Gasteiger charge is -2.27. The Morgan fingerprint density at radius 3 is 2.81 bits per heavy atom. The highest BCUT2D eigenvalue weighted by molar-refractivity contribution is 7.92. The van der Waals surface area contributed by atoms with Crippen LogP contribution in [0.1, 0.15) is 28.5 Å². The molecule has 0 atom stereocenters. The van der Waals surface area contributed by atoms with Crippen molar-refractivity contribution in [3.8, 4) is 0 Å². The monoisotopic (exact) mass is 383 g/mol. The molecule has 1 aliphatic rings. The number of hydrogen-bond donors (Lipinski definition) is 2. The summed E-state index contributed by atoms with van der Waals surface area (Å²) in [4.78, 5) is 18.3. The normalized spacial score (nSPS) is 14.2. The van der Waals surface area contributed by atoms with Gasteiger partial charge in [-0.2, -0.15) is 0 Å². The number of fused-ring (bicyclic) bond motifs is 3. The number of nitrogens with one attached hydrogen (secondary N) is 2. The fourth-order valence-corrected chi connectivity index (χ4v) is 4.12. The summed E-state index contributed by atoms with van der Waals surface area (Å²) >= 11 is 0. The van der Waals surface area contributed by atoms with Crippen molar-refractivity contribution < 1.29 is 13.2 Å². The van der Waals surface area contributed by atoms with Gasteiger partial charge in [-0.15, -0.1) is 0 Å². The van der Waals surface area contributed by atoms with Gasteiger partial charge in [0.2, 0.25) is 10.0 Å². The molecule has 4 rings (SSSR count). The Hall–Kier alpha value is -2.80. The van der Waals surface area contributed by atoms with Gasteiger partial charge in [-0.3, -0.25) is 9.52 Å². The molecule has 1 aromatic heterocycles. The first-order valence-corrected chi connectivity index (χ1v) is 10.6. The molecule has 0 spiro atoms. The number of hydrogen-bond acceptors (Lipinski definition) is 3. The van der Waals surface area contributed by atoms with E-state index < -0.39 is 10.0 Å². The van der Waals surface area contributed by atoms with Crippen LogP contribution in [-0.4, -0.2) is 36.5 Å². The number of amides is 1. The van der Waals surface area contributed by atoms with Crippen LogP contribution in [0.5, 0.6) is 0 Å². The number of H-pyrrole nitrogens is 1. The van der Waals surface area contributed by atoms with Gasteiger partial charge in [0.15, 0.2) is 0 Å². The lowest BCUT2D eigenvalue weighted by molar-refractivity contribution is 0.0735. The van der Waals surface area contributed by atoms with E-state index in [1.165, 1.54) is 5.69 Å². The number of aromatic nitrogens is 1. The lowest BCUT2D eigenvalue weighted by Crippen LogP contribution is -2.35. The van der Waals surface area contributed by atoms with Crippen molar-refractivity contribution in [1.82, 2.24) is 9.88 Å². The molecule has 140 valence electrons. The van der Waals surface area contributed by atoms with Crippen molar-refractivity contribution in [3.63, 3.8) is 0 Å². The van der Waals surface area contributed by atoms with E-state index in [0.717, 1.165) is 22.9 Å². The number of aromatic amines is 1. The number of rotatable bonds is 4. The molecule has 2 N–H and O–H groups in total. The molecule has 27 heavy (non-hydrogen) atoms. The number of anilines is 1. The van der Waals surface area contributed by atoms with Crippen molar-refractivity contribution in [2.24, 2.45) is 0 Å². The molecule has 7 heteroatoms. The van der Waals surface area contributed by atoms with Gasteiger partial charge in [0.1, 0.15) is 0 Å². The number of nitrogens with zero attached hydrogens (tertiary/aromatic N) is 1. The Morgan fingerprint density at radius 2 is 2.00 bits per heavy atom. The first-order valence-electron chi connectivity index (χ1n) is 8.95. The Kier molecular flexibility index (Phi) is 4.39. The number of carbonyl (C=O) groups excluding carboxylic acids is 1. The molecule has 0 bridgehead atoms. The lowest BCUT2D eigenvalue weighted by atomic mass is 10.0. The first-order chi connectivity index (χ1) is 13.0. The number of para-hydroxylation sites is 1. The van der Waals surface area contributed by atoms with E-state index in [2.05, 4.69) is 15.8 Å². The molecule has 0 saturated heterocycles. The van der Waals surface area contributed by atoms with Crippen LogP contribution in [0.25, 0.3) is 10.9 Å². The summed E-state index contributed by atoms with van der Waals surface area (Å²) < 4.78 is 26.0. The van der Waals surface area contributed by atoms with E-state index in [0.29, 0.717) is 24.3 Å². The minimum atomic E-state index is -3.38. The maximum atomic E-state index is 13.0. The van der Waals surface area contributed by atoms with Crippen molar-refractivity contribution in [2.75, 3.05) is 17.0 Å². The van der Waals surface area contributed by atoms with E-state index in [-0.39, 0.29) is 11.7 Å². The molecule has 1 amide bonds. The molecule has 0 saturated carbocycles. The minimum absolute atomic E-state index is 0.0133. The average Bonchev–Trinajstić information content (AvgIpc) is 3.05. The third-order valence-corrected chi connectivity index (χ3v) is 6.24. The Labute approximate surface area is 158 Å². The van der Waals surface area contributed by atoms with Gasteiger partial charge in [0, 0.05) is 52.9 Å². The van der Waals surface area contributed by atoms with Gasteiger partial charge in [-0.05, 0) is 31.2 Å². The molecule has 0 aliphatic carbocycles. The number of carbonyl (C=O) groups is 1. The maximum Gasteiger partial charge on any atom is 0.254 e. The number of benzene rings is 2. The van der Waals surface area contributed by atoms with Crippen LogP contribution >= 0.6 is 0 Å². The van der Waals surface area contributed by atoms with Gasteiger partial charge in [0.05, 0.1) is 5.75 Å². The average molecular weight is 383 g/mol. The zero-order valence-electron chi connectivity index (χ0n) is 15.0. The summed E-state index contributed by atoms with van der Waals surface area (Å²) in [5.74, 6) is -0.107. The van der Waals surface area contributed by atoms with E-state index in [4.69, 9.17) is 0 Å². The van der Waals surface area contributed by atoms with Crippen LogP contribution in [0.4, 0.5) is 5.69 Å². The fourth-order valence-electron chi connectivity index (χ4n) is 3.49. The minimum Gasteiger partial charge on any atom is -0.358 e. The van der Waals surface area contributed by atoms with Crippen LogP contribution in [0, 0.1) is 0 Å². The predicted octanol–water partition coefficient (Wildman–Crippen LogP) is 3.13. The topological polar surface area (TPSA) is 82.3 Å². The summed E-state index contributed by atoms with van der Waals surface area (Å²) in [5, 5.41) is 1.15. The summed E-state index contributed by atoms with van der Waals surface area (Å²) in [6, 6.07) is 14.8. The zero-order valence-corrected chi connectivity index (χ0v) is 15.8. The fraction of sp³-hybridized carbons (Fsp3) is 0.250. The Bertz CT molecular complexity index is 1120. The van der Waals surface area contributed by atoms with Crippen molar-refractivity contribution >= 4 is 32.5 Å². The molecular weight excluding hydrogens is 362 g/mol. The van der Waals surface area contributed by atoms with E-state index in [1.54, 1.807) is 31.2 Å². The van der Waals surface area contributed by atoms with Crippen LogP contribution in [0.15, 0.2) is 48.5 Å². The number of sulfonamides is 1. The summed E-state index contributed by atoms with van der Waals surface area (Å²) in [5.41, 5.74) is 4.33. The second-order valence-corrected chi connectivity index (χ2v) is 8.70. The van der Waals surface area contributed by atoms with Crippen LogP contribution in [0.3, 0.4) is 0 Å². The van der Waals surface area contributed by atoms with Crippen LogP contribution in [-0.2, 0) is 23.0 Å². The second-order valence-electron chi connectivity index (χ2n) is 6.69. The van der Waals surface area contributed by atoms with Gasteiger partial charge in [-0.25, -0.2) is 8.42 Å². The van der Waals surface area contributed by atoms with E-state index >= 15 is 0 Å². The molecule has 1 aliphatic heterocycles. The second kappa shape index (κ2) is 6.74. The summed E-state index contributed by atoms with van der Waals surface area (Å²) in [6.07, 6.45) is 0.776. The smallest absolute Gasteiger partial charge is 0.254 e. The molecule has 0 radical (unpaired) electrons. The maximum absolute atomic E-state index is 13.0. The van der Waals surface area contributed by atoms with Crippen molar-refractivity contribution in [3.05, 3.63) is 65.4 Å². The SMILES string of the molecule is CCS(=O)(=O)Nc1cccc(C(=O)N2CCc3[nH]c4ccccc4c3C2)c1. The third-order valence-electron chi connectivity index (χ3n) is 4.93. The highest BCUT2D eigenvalue weighted by Gasteiger charge is 2.25. The van der Waals surface area contributed by atoms with Crippen LogP contribution < -0.4 is 4.72 Å². The van der Waals surface area contributed by atoms with Crippen molar-refractivity contribution in [2.45, 2.75) is 19.9 Å². The first kappa shape index (κ1) is 17.6. The molecule has 3 aromatic rings. The summed E-state index contributed by atoms with van der Waals surface area (Å²) in [7, 11) is -3.38. The van der Waals surface area contributed by atoms with Gasteiger partial charge < -0.3 is 9.88 Å². The molecule has 0 fully saturated rings. The third kappa shape index (κ3) is 3.42. The predicted molar refractivity (Wildman–Crippen MR) is 106 cm³/mol. The molecular formula is C20H21N3O3S. The highest BCUT2D eigenvalue weighted by atomic mass is 32.2. The van der Waals surface area contributed by atoms with Gasteiger partial charge >= 0.3 is 0 Å². The largest absolute Gasteiger partial charge is 0.358 e. The Balaban J connectivity index is 1.59. The van der Waals surface area contributed by atoms with E-state index in [9.17, 15) is 13.2 Å². The molecule has 2 aromatic carbocycles. The Morgan fingerprint density at radius 1 is 1.19 bits per heavy atom. The molecule has 0 unspecified atom stereocenters. The van der Waals surface area contributed by atoms with Crippen LogP contribution in [0.2, 0.25) is 0 Å². The molecule has 2 heterocycles. The quantitative estimate of drug-likeness (QED) is 0.726. The standard InChI is InChI=1S/C20H21N3O3S/c1-2-27(25,26)22-15-7-5-6-14(12-15)20(24)23-11-10-19-17(13-23)16-8-3-4-9-18(16)21-19/h3-9,12,21-22H,2,10-11,13H2,1H3. The molecule has 6 nitrogen and oxygen atoms in total. The van der Waals surface area contributed by atoms with Gasteiger partial charge in [-0.1, -0.05) is 24.3 Å². The zero-order chi connectivity index (χ0) is 19.0. The van der Waals surface area contributed by atoms with Crippen molar-refractivity contribution in [1.29, 1.82) is 0 Å². The van der Waals surface area contributed by atoms with E-state index in [1.807, 2.05) is 23.1 Å². The highest BCUT2D eigenvalue weighted by Crippen LogP contribution is 2.28. The summed E-state index contributed by atoms with van der Waals surface area (Å²) in [6.45, 7) is 2.75. The van der Waals surface area contributed by atoms with Gasteiger partial charge in [0.25, 0.3) is 5.91 Å².